The predicted octanol–water partition coefficient (Wildman–Crippen LogP) is 2.62. The van der Waals surface area contributed by atoms with Crippen LogP contribution in [0.1, 0.15) is 18.5 Å². The summed E-state index contributed by atoms with van der Waals surface area (Å²) in [5, 5.41) is 4.46. The van der Waals surface area contributed by atoms with Crippen LogP contribution < -0.4 is 0 Å². The Morgan fingerprint density at radius 2 is 2.16 bits per heavy atom. The second-order valence-electron chi connectivity index (χ2n) is 4.05. The molecular formula is C12H9ClFN5. The fourth-order valence-corrected chi connectivity index (χ4v) is 2.05. The van der Waals surface area contributed by atoms with Gasteiger partial charge in [-0.2, -0.15) is 9.49 Å². The summed E-state index contributed by atoms with van der Waals surface area (Å²) >= 11 is 5.83. The van der Waals surface area contributed by atoms with E-state index in [4.69, 9.17) is 11.6 Å². The Labute approximate surface area is 113 Å². The first-order chi connectivity index (χ1) is 9.16. The third-order valence-electron chi connectivity index (χ3n) is 2.88. The molecule has 0 spiro atoms. The maximum atomic E-state index is 13.7. The number of hydrogen-bond acceptors (Lipinski definition) is 4. The van der Waals surface area contributed by atoms with E-state index in [1.165, 1.54) is 12.4 Å². The third-order valence-corrected chi connectivity index (χ3v) is 3.06. The van der Waals surface area contributed by atoms with Gasteiger partial charge in [-0.05, 0) is 13.0 Å². The Bertz CT molecular complexity index is 742. The van der Waals surface area contributed by atoms with E-state index in [2.05, 4.69) is 20.1 Å². The number of nitrogens with zero attached hydrogens (tertiary/aromatic N) is 5. The molecule has 3 aromatic heterocycles. The number of rotatable bonds is 2. The summed E-state index contributed by atoms with van der Waals surface area (Å²) in [5.41, 5.74) is 1.57. The van der Waals surface area contributed by atoms with Crippen LogP contribution in [0.15, 0.2) is 30.7 Å². The summed E-state index contributed by atoms with van der Waals surface area (Å²) in [6.45, 7) is 1.81. The van der Waals surface area contributed by atoms with Gasteiger partial charge in [0.2, 0.25) is 5.95 Å². The number of aromatic nitrogens is 5. The molecule has 0 radical (unpaired) electrons. The van der Waals surface area contributed by atoms with Gasteiger partial charge in [-0.25, -0.2) is 19.6 Å². The number of pyridine rings is 1. The van der Waals surface area contributed by atoms with Gasteiger partial charge in [-0.3, -0.25) is 0 Å². The zero-order chi connectivity index (χ0) is 13.4. The van der Waals surface area contributed by atoms with E-state index in [-0.39, 0.29) is 11.2 Å². The zero-order valence-electron chi connectivity index (χ0n) is 9.96. The van der Waals surface area contributed by atoms with Crippen molar-refractivity contribution < 1.29 is 4.39 Å². The number of hydrogen-bond donors (Lipinski definition) is 0. The molecule has 1 atom stereocenters. The molecule has 0 amide bonds. The van der Waals surface area contributed by atoms with Gasteiger partial charge in [0, 0.05) is 11.8 Å². The van der Waals surface area contributed by atoms with Crippen molar-refractivity contribution in [1.29, 1.82) is 0 Å². The van der Waals surface area contributed by atoms with Crippen molar-refractivity contribution in [3.05, 3.63) is 47.4 Å². The van der Waals surface area contributed by atoms with Crippen LogP contribution in [0, 0.1) is 5.95 Å². The smallest absolute Gasteiger partial charge is 0.218 e. The average molecular weight is 278 g/mol. The summed E-state index contributed by atoms with van der Waals surface area (Å²) in [5.74, 6) is -0.520. The molecule has 0 aliphatic carbocycles. The molecular weight excluding hydrogens is 269 g/mol. The SMILES string of the molecule is C[C@@H](c1cccnc1F)n1ncc2ncc(Cl)nc21. The van der Waals surface area contributed by atoms with Crippen LogP contribution >= 0.6 is 11.6 Å². The third kappa shape index (κ3) is 2.04. The summed E-state index contributed by atoms with van der Waals surface area (Å²) in [6, 6.07) is 3.00. The lowest BCUT2D eigenvalue weighted by Gasteiger charge is -2.13. The summed E-state index contributed by atoms with van der Waals surface area (Å²) < 4.78 is 15.3. The quantitative estimate of drug-likeness (QED) is 0.676. The first-order valence-corrected chi connectivity index (χ1v) is 6.01. The molecule has 0 saturated carbocycles. The molecule has 0 aliphatic heterocycles. The van der Waals surface area contributed by atoms with Crippen molar-refractivity contribution in [2.45, 2.75) is 13.0 Å². The largest absolute Gasteiger partial charge is 0.248 e. The molecule has 19 heavy (non-hydrogen) atoms. The van der Waals surface area contributed by atoms with E-state index in [1.54, 1.807) is 23.0 Å². The second-order valence-corrected chi connectivity index (χ2v) is 4.44. The van der Waals surface area contributed by atoms with Crippen LogP contribution in [0.2, 0.25) is 5.15 Å². The molecule has 0 fully saturated rings. The van der Waals surface area contributed by atoms with Crippen LogP contribution in [0.4, 0.5) is 4.39 Å². The van der Waals surface area contributed by atoms with Crippen molar-refractivity contribution >= 4 is 22.8 Å². The highest BCUT2D eigenvalue weighted by molar-refractivity contribution is 6.29. The minimum absolute atomic E-state index is 0.271. The molecule has 3 heterocycles. The van der Waals surface area contributed by atoms with Crippen LogP contribution in [0.5, 0.6) is 0 Å². The first-order valence-electron chi connectivity index (χ1n) is 5.63. The number of fused-ring (bicyclic) bond motifs is 1. The molecule has 0 aromatic carbocycles. The maximum absolute atomic E-state index is 13.7. The molecule has 0 bridgehead atoms. The van der Waals surface area contributed by atoms with Crippen LogP contribution in [-0.4, -0.2) is 24.7 Å². The second kappa shape index (κ2) is 4.55. The highest BCUT2D eigenvalue weighted by Crippen LogP contribution is 2.22. The van der Waals surface area contributed by atoms with Gasteiger partial charge in [0.1, 0.15) is 10.7 Å². The van der Waals surface area contributed by atoms with Gasteiger partial charge in [0.15, 0.2) is 5.65 Å². The fraction of sp³-hybridized carbons (Fsp3) is 0.167. The minimum Gasteiger partial charge on any atom is -0.248 e. The van der Waals surface area contributed by atoms with Crippen LogP contribution in [0.3, 0.4) is 0 Å². The summed E-state index contributed by atoms with van der Waals surface area (Å²) in [4.78, 5) is 11.9. The molecule has 0 unspecified atom stereocenters. The van der Waals surface area contributed by atoms with E-state index in [1.807, 2.05) is 6.92 Å². The molecule has 96 valence electrons. The van der Waals surface area contributed by atoms with Gasteiger partial charge < -0.3 is 0 Å². The molecule has 0 saturated heterocycles. The van der Waals surface area contributed by atoms with E-state index in [0.29, 0.717) is 16.7 Å². The zero-order valence-corrected chi connectivity index (χ0v) is 10.7. The normalized spacial score (nSPS) is 12.8. The van der Waals surface area contributed by atoms with Gasteiger partial charge in [-0.15, -0.1) is 0 Å². The molecule has 3 aromatic rings. The topological polar surface area (TPSA) is 56.5 Å². The van der Waals surface area contributed by atoms with Gasteiger partial charge in [0.05, 0.1) is 18.4 Å². The molecule has 0 aliphatic rings. The molecule has 3 rings (SSSR count). The van der Waals surface area contributed by atoms with Gasteiger partial charge in [-0.1, -0.05) is 17.7 Å². The minimum atomic E-state index is -0.520. The molecule has 5 nitrogen and oxygen atoms in total. The van der Waals surface area contributed by atoms with E-state index < -0.39 is 5.95 Å². The monoisotopic (exact) mass is 277 g/mol. The highest BCUT2D eigenvalue weighted by atomic mass is 35.5. The predicted molar refractivity (Wildman–Crippen MR) is 68.3 cm³/mol. The summed E-state index contributed by atoms with van der Waals surface area (Å²) in [6.07, 6.45) is 4.43. The standard InChI is InChI=1S/C12H9ClFN5/c1-7(8-3-2-4-15-11(8)14)19-12-9(5-17-19)16-6-10(13)18-12/h2-7H,1H3/t7-/m0/s1. The molecule has 7 heteroatoms. The van der Waals surface area contributed by atoms with Crippen molar-refractivity contribution in [3.63, 3.8) is 0 Å². The van der Waals surface area contributed by atoms with E-state index in [9.17, 15) is 4.39 Å². The Balaban J connectivity index is 2.14. The van der Waals surface area contributed by atoms with Gasteiger partial charge >= 0.3 is 0 Å². The Morgan fingerprint density at radius 1 is 1.32 bits per heavy atom. The first kappa shape index (κ1) is 12.0. The van der Waals surface area contributed by atoms with E-state index in [0.717, 1.165) is 0 Å². The fourth-order valence-electron chi connectivity index (χ4n) is 1.92. The maximum Gasteiger partial charge on any atom is 0.218 e. The summed E-state index contributed by atoms with van der Waals surface area (Å²) in [7, 11) is 0. The van der Waals surface area contributed by atoms with Crippen LogP contribution in [-0.2, 0) is 0 Å². The van der Waals surface area contributed by atoms with Crippen LogP contribution in [0.25, 0.3) is 11.2 Å². The average Bonchev–Trinajstić information content (AvgIpc) is 2.81. The Kier molecular flexibility index (Phi) is 2.87. The van der Waals surface area contributed by atoms with Crippen molar-refractivity contribution in [2.75, 3.05) is 0 Å². The van der Waals surface area contributed by atoms with Gasteiger partial charge in [0.25, 0.3) is 0 Å². The van der Waals surface area contributed by atoms with Crippen molar-refractivity contribution in [2.24, 2.45) is 0 Å². The number of halogens is 2. The molecule has 0 N–H and O–H groups in total. The van der Waals surface area contributed by atoms with E-state index >= 15 is 0 Å². The lowest BCUT2D eigenvalue weighted by atomic mass is 10.1. The Morgan fingerprint density at radius 3 is 2.95 bits per heavy atom. The lowest BCUT2D eigenvalue weighted by molar-refractivity contribution is 0.508. The Hall–Kier alpha value is -2.08. The lowest BCUT2D eigenvalue weighted by Crippen LogP contribution is -2.11. The van der Waals surface area contributed by atoms with Crippen molar-refractivity contribution in [3.8, 4) is 0 Å². The highest BCUT2D eigenvalue weighted by Gasteiger charge is 2.17. The van der Waals surface area contributed by atoms with Crippen molar-refractivity contribution in [1.82, 2.24) is 24.7 Å².